The highest BCUT2D eigenvalue weighted by Gasteiger charge is 2.42. The number of halogens is 1. The van der Waals surface area contributed by atoms with E-state index in [2.05, 4.69) is 0 Å². The number of hydrogen-bond donors (Lipinski definition) is 1. The first-order valence-corrected chi connectivity index (χ1v) is 11.5. The van der Waals surface area contributed by atoms with E-state index in [9.17, 15) is 9.59 Å². The third-order valence-electron chi connectivity index (χ3n) is 6.44. The van der Waals surface area contributed by atoms with E-state index in [0.29, 0.717) is 28.1 Å². The lowest BCUT2D eigenvalue weighted by Crippen LogP contribution is -3.14. The van der Waals surface area contributed by atoms with Crippen LogP contribution in [0.15, 0.2) is 51.7 Å². The minimum absolute atomic E-state index is 0.139. The minimum atomic E-state index is -0.476. The van der Waals surface area contributed by atoms with E-state index in [1.54, 1.807) is 23.1 Å². The molecule has 0 saturated carbocycles. The molecule has 0 radical (unpaired) electrons. The predicted octanol–water partition coefficient (Wildman–Crippen LogP) is 2.61. The Kier molecular flexibility index (Phi) is 5.76. The number of amides is 1. The molecule has 1 saturated heterocycles. The van der Waals surface area contributed by atoms with Gasteiger partial charge in [-0.25, -0.2) is 0 Å². The fourth-order valence-corrected chi connectivity index (χ4v) is 4.89. The number of carbonyl (C=O) groups is 1. The van der Waals surface area contributed by atoms with Crippen LogP contribution in [0.1, 0.15) is 39.7 Å². The van der Waals surface area contributed by atoms with Gasteiger partial charge in [0.15, 0.2) is 5.43 Å². The molecule has 0 spiro atoms. The number of morpholine rings is 1. The van der Waals surface area contributed by atoms with Crippen LogP contribution in [0.5, 0.6) is 0 Å². The summed E-state index contributed by atoms with van der Waals surface area (Å²) in [7, 11) is 0. The minimum Gasteiger partial charge on any atom is -0.450 e. The monoisotopic (exact) mass is 453 g/mol. The van der Waals surface area contributed by atoms with Gasteiger partial charge in [-0.1, -0.05) is 35.4 Å². The number of aryl methyl sites for hydroxylation is 1. The molecule has 1 amide bonds. The standard InChI is InChI=1S/C25H25ClN2O4/c1-16-3-8-20-19(15-16)23(29)21-22(17-4-6-18(26)7-5-17)28(25(30)24(21)32-20)10-2-9-27-11-13-31-14-12-27/h3-8,15,22H,2,9-14H2,1H3/p+1/t22-/m1/s1. The first-order chi connectivity index (χ1) is 15.5. The van der Waals surface area contributed by atoms with Gasteiger partial charge in [0.2, 0.25) is 5.76 Å². The molecule has 3 aromatic rings. The van der Waals surface area contributed by atoms with Crippen LogP contribution in [0, 0.1) is 6.92 Å². The molecule has 5 rings (SSSR count). The summed E-state index contributed by atoms with van der Waals surface area (Å²) < 4.78 is 11.5. The van der Waals surface area contributed by atoms with E-state index < -0.39 is 6.04 Å². The van der Waals surface area contributed by atoms with E-state index in [-0.39, 0.29) is 17.1 Å². The highest BCUT2D eigenvalue weighted by atomic mass is 35.5. The van der Waals surface area contributed by atoms with Crippen LogP contribution in [0.25, 0.3) is 11.0 Å². The molecular weight excluding hydrogens is 428 g/mol. The van der Waals surface area contributed by atoms with Gasteiger partial charge in [0, 0.05) is 18.0 Å². The topological polar surface area (TPSA) is 64.2 Å². The molecule has 32 heavy (non-hydrogen) atoms. The van der Waals surface area contributed by atoms with Crippen LogP contribution in [-0.2, 0) is 4.74 Å². The van der Waals surface area contributed by atoms with Gasteiger partial charge in [-0.3, -0.25) is 9.59 Å². The van der Waals surface area contributed by atoms with Crippen LogP contribution < -0.4 is 10.3 Å². The summed E-state index contributed by atoms with van der Waals surface area (Å²) in [4.78, 5) is 30.3. The number of rotatable bonds is 5. The van der Waals surface area contributed by atoms with Crippen molar-refractivity contribution in [3.8, 4) is 0 Å². The molecule has 7 heteroatoms. The van der Waals surface area contributed by atoms with Crippen LogP contribution in [0.2, 0.25) is 5.02 Å². The Morgan fingerprint density at radius 3 is 2.59 bits per heavy atom. The van der Waals surface area contributed by atoms with Crippen molar-refractivity contribution in [1.82, 2.24) is 4.90 Å². The van der Waals surface area contributed by atoms with Crippen molar-refractivity contribution in [2.75, 3.05) is 39.4 Å². The Labute approximate surface area is 191 Å². The van der Waals surface area contributed by atoms with Gasteiger partial charge >= 0.3 is 0 Å². The zero-order chi connectivity index (χ0) is 22.2. The second-order valence-corrected chi connectivity index (χ2v) is 9.03. The van der Waals surface area contributed by atoms with Gasteiger partial charge in [0.1, 0.15) is 18.7 Å². The van der Waals surface area contributed by atoms with Crippen molar-refractivity contribution in [2.45, 2.75) is 19.4 Å². The summed E-state index contributed by atoms with van der Waals surface area (Å²) in [5.74, 6) is -0.0680. The van der Waals surface area contributed by atoms with E-state index in [1.165, 1.54) is 4.90 Å². The SMILES string of the molecule is Cc1ccc2oc3c(c(=O)c2c1)[C@@H](c1ccc(Cl)cc1)N(CCC[NH+]1CCOCC1)C3=O. The predicted molar refractivity (Wildman–Crippen MR) is 123 cm³/mol. The number of nitrogens with zero attached hydrogens (tertiary/aromatic N) is 1. The van der Waals surface area contributed by atoms with Crippen LogP contribution in [0.4, 0.5) is 0 Å². The lowest BCUT2D eigenvalue weighted by Gasteiger charge is -2.27. The number of quaternary nitrogens is 1. The maximum atomic E-state index is 13.6. The fraction of sp³-hybridized carbons (Fsp3) is 0.360. The largest absolute Gasteiger partial charge is 0.450 e. The maximum Gasteiger partial charge on any atom is 0.290 e. The summed E-state index contributed by atoms with van der Waals surface area (Å²) in [6.45, 7) is 6.98. The van der Waals surface area contributed by atoms with Crippen molar-refractivity contribution >= 4 is 28.5 Å². The van der Waals surface area contributed by atoms with Gasteiger partial charge in [-0.15, -0.1) is 0 Å². The molecule has 2 aliphatic rings. The summed E-state index contributed by atoms with van der Waals surface area (Å²) >= 11 is 6.11. The molecule has 1 atom stereocenters. The van der Waals surface area contributed by atoms with E-state index in [1.807, 2.05) is 31.2 Å². The van der Waals surface area contributed by atoms with Gasteiger partial charge < -0.3 is 19.0 Å². The Morgan fingerprint density at radius 1 is 1.09 bits per heavy atom. The Morgan fingerprint density at radius 2 is 1.84 bits per heavy atom. The van der Waals surface area contributed by atoms with Crippen molar-refractivity contribution in [3.05, 3.63) is 80.2 Å². The second kappa shape index (κ2) is 8.70. The number of hydrogen-bond acceptors (Lipinski definition) is 4. The molecule has 0 aliphatic carbocycles. The zero-order valence-corrected chi connectivity index (χ0v) is 18.8. The van der Waals surface area contributed by atoms with Crippen molar-refractivity contribution in [2.24, 2.45) is 0 Å². The molecule has 1 aromatic heterocycles. The Bertz CT molecular complexity index is 1220. The Balaban J connectivity index is 1.53. The first-order valence-electron chi connectivity index (χ1n) is 11.1. The van der Waals surface area contributed by atoms with Crippen LogP contribution in [0.3, 0.4) is 0 Å². The number of benzene rings is 2. The van der Waals surface area contributed by atoms with Gasteiger partial charge in [-0.05, 0) is 36.8 Å². The third kappa shape index (κ3) is 3.83. The Hall–Kier alpha value is -2.67. The van der Waals surface area contributed by atoms with Gasteiger partial charge in [0.05, 0.1) is 36.8 Å². The number of carbonyl (C=O) groups excluding carboxylic acids is 1. The number of ether oxygens (including phenoxy) is 1. The summed E-state index contributed by atoms with van der Waals surface area (Å²) in [6, 6.07) is 12.4. The lowest BCUT2D eigenvalue weighted by molar-refractivity contribution is -0.908. The van der Waals surface area contributed by atoms with E-state index >= 15 is 0 Å². The molecule has 6 nitrogen and oxygen atoms in total. The third-order valence-corrected chi connectivity index (χ3v) is 6.69. The van der Waals surface area contributed by atoms with Crippen molar-refractivity contribution in [1.29, 1.82) is 0 Å². The summed E-state index contributed by atoms with van der Waals surface area (Å²) in [6.07, 6.45) is 0.839. The quantitative estimate of drug-likeness (QED) is 0.645. The first kappa shape index (κ1) is 21.2. The zero-order valence-electron chi connectivity index (χ0n) is 18.0. The number of nitrogens with one attached hydrogen (secondary N) is 1. The summed E-state index contributed by atoms with van der Waals surface area (Å²) in [5, 5.41) is 1.12. The maximum absolute atomic E-state index is 13.6. The average Bonchev–Trinajstić information content (AvgIpc) is 3.08. The van der Waals surface area contributed by atoms with Crippen molar-refractivity contribution in [3.63, 3.8) is 0 Å². The second-order valence-electron chi connectivity index (χ2n) is 8.59. The van der Waals surface area contributed by atoms with Gasteiger partial charge in [-0.2, -0.15) is 0 Å². The molecule has 166 valence electrons. The molecular formula is C25H26ClN2O4+. The molecule has 1 fully saturated rings. The normalized spacial score (nSPS) is 19.0. The highest BCUT2D eigenvalue weighted by molar-refractivity contribution is 6.30. The van der Waals surface area contributed by atoms with E-state index in [0.717, 1.165) is 50.4 Å². The molecule has 0 unspecified atom stereocenters. The van der Waals surface area contributed by atoms with Crippen LogP contribution >= 0.6 is 11.6 Å². The molecule has 1 N–H and O–H groups in total. The number of fused-ring (bicyclic) bond motifs is 2. The van der Waals surface area contributed by atoms with Crippen LogP contribution in [-0.4, -0.2) is 50.2 Å². The molecule has 3 heterocycles. The fourth-order valence-electron chi connectivity index (χ4n) is 4.77. The smallest absolute Gasteiger partial charge is 0.290 e. The molecule has 0 bridgehead atoms. The van der Waals surface area contributed by atoms with Crippen molar-refractivity contribution < 1.29 is 18.8 Å². The average molecular weight is 454 g/mol. The molecule has 2 aliphatic heterocycles. The summed E-state index contributed by atoms with van der Waals surface area (Å²) in [5.41, 5.74) is 2.57. The van der Waals surface area contributed by atoms with E-state index in [4.69, 9.17) is 20.8 Å². The van der Waals surface area contributed by atoms with Gasteiger partial charge in [0.25, 0.3) is 5.91 Å². The highest BCUT2D eigenvalue weighted by Crippen LogP contribution is 2.38. The lowest BCUT2D eigenvalue weighted by atomic mass is 9.98. The molecule has 2 aromatic carbocycles.